The van der Waals surface area contributed by atoms with E-state index in [1.54, 1.807) is 0 Å². The second-order valence-electron chi connectivity index (χ2n) is 4.75. The van der Waals surface area contributed by atoms with Gasteiger partial charge in [0, 0.05) is 19.1 Å². The number of rotatable bonds is 4. The lowest BCUT2D eigenvalue weighted by atomic mass is 10.0. The molecule has 1 saturated heterocycles. The number of hydrogen-bond donors (Lipinski definition) is 2. The average molecular weight is 339 g/mol. The van der Waals surface area contributed by atoms with Crippen molar-refractivity contribution < 1.29 is 13.2 Å². The highest BCUT2D eigenvalue weighted by Gasteiger charge is 2.27. The zero-order chi connectivity index (χ0) is 14.9. The minimum atomic E-state index is -3.72. The first-order valence-electron chi connectivity index (χ1n) is 6.17. The molecule has 8 heteroatoms. The number of nitrogen functional groups attached to an aromatic ring is 1. The van der Waals surface area contributed by atoms with Gasteiger partial charge in [0.25, 0.3) is 0 Å². The summed E-state index contributed by atoms with van der Waals surface area (Å²) in [6.07, 6.45) is 0.878. The van der Waals surface area contributed by atoms with Gasteiger partial charge >= 0.3 is 0 Å². The van der Waals surface area contributed by atoms with E-state index in [1.165, 1.54) is 12.1 Å². The van der Waals surface area contributed by atoms with Crippen molar-refractivity contribution in [1.82, 2.24) is 4.72 Å². The van der Waals surface area contributed by atoms with Gasteiger partial charge in [-0.3, -0.25) is 0 Å². The zero-order valence-corrected chi connectivity index (χ0v) is 13.2. The van der Waals surface area contributed by atoms with Crippen LogP contribution in [0.3, 0.4) is 0 Å². The number of hydrogen-bond acceptors (Lipinski definition) is 4. The quantitative estimate of drug-likeness (QED) is 0.825. The van der Waals surface area contributed by atoms with Crippen molar-refractivity contribution in [1.29, 1.82) is 0 Å². The van der Waals surface area contributed by atoms with Crippen LogP contribution in [0.5, 0.6) is 0 Å². The summed E-state index contributed by atoms with van der Waals surface area (Å²) in [5, 5.41) is 0.174. The van der Waals surface area contributed by atoms with Gasteiger partial charge in [-0.1, -0.05) is 23.2 Å². The number of benzene rings is 1. The largest absolute Gasteiger partial charge is 0.396 e. The molecule has 0 saturated carbocycles. The third-order valence-electron chi connectivity index (χ3n) is 3.45. The van der Waals surface area contributed by atoms with Crippen LogP contribution in [0.2, 0.25) is 10.0 Å². The highest BCUT2D eigenvalue weighted by atomic mass is 35.5. The SMILES string of the molecule is CC1OCCC1CNS(=O)(=O)c1ccc(Cl)c(N)c1Cl. The molecule has 3 N–H and O–H groups in total. The highest BCUT2D eigenvalue weighted by Crippen LogP contribution is 2.33. The van der Waals surface area contributed by atoms with Gasteiger partial charge in [0.15, 0.2) is 0 Å². The van der Waals surface area contributed by atoms with Gasteiger partial charge in [0.1, 0.15) is 4.90 Å². The van der Waals surface area contributed by atoms with Crippen LogP contribution in [0.4, 0.5) is 5.69 Å². The molecular weight excluding hydrogens is 323 g/mol. The molecule has 1 aliphatic rings. The maximum atomic E-state index is 12.2. The van der Waals surface area contributed by atoms with Crippen molar-refractivity contribution in [3.05, 3.63) is 22.2 Å². The van der Waals surface area contributed by atoms with Crippen molar-refractivity contribution >= 4 is 38.9 Å². The van der Waals surface area contributed by atoms with Gasteiger partial charge < -0.3 is 10.5 Å². The topological polar surface area (TPSA) is 81.4 Å². The first-order chi connectivity index (χ1) is 9.33. The highest BCUT2D eigenvalue weighted by molar-refractivity contribution is 7.89. The number of nitrogens with one attached hydrogen (secondary N) is 1. The second-order valence-corrected chi connectivity index (χ2v) is 7.27. The summed E-state index contributed by atoms with van der Waals surface area (Å²) >= 11 is 11.7. The lowest BCUT2D eigenvalue weighted by molar-refractivity contribution is 0.107. The summed E-state index contributed by atoms with van der Waals surface area (Å²) < 4.78 is 32.4. The van der Waals surface area contributed by atoms with Gasteiger partial charge in [-0.2, -0.15) is 0 Å². The molecule has 0 amide bonds. The van der Waals surface area contributed by atoms with Crippen LogP contribution in [0, 0.1) is 5.92 Å². The van der Waals surface area contributed by atoms with E-state index in [4.69, 9.17) is 33.7 Å². The minimum absolute atomic E-state index is 0.0449. The fourth-order valence-electron chi connectivity index (χ4n) is 2.10. The Bertz CT molecular complexity index is 607. The Labute approximate surface area is 128 Å². The molecule has 112 valence electrons. The van der Waals surface area contributed by atoms with Crippen LogP contribution in [0.25, 0.3) is 0 Å². The Kier molecular flexibility index (Phi) is 4.81. The van der Waals surface area contributed by atoms with Crippen LogP contribution < -0.4 is 10.5 Å². The maximum absolute atomic E-state index is 12.2. The third kappa shape index (κ3) is 3.20. The van der Waals surface area contributed by atoms with Crippen molar-refractivity contribution in [3.63, 3.8) is 0 Å². The van der Waals surface area contributed by atoms with Crippen molar-refractivity contribution in [2.75, 3.05) is 18.9 Å². The van der Waals surface area contributed by atoms with Gasteiger partial charge in [-0.05, 0) is 25.5 Å². The van der Waals surface area contributed by atoms with E-state index in [9.17, 15) is 8.42 Å². The van der Waals surface area contributed by atoms with Crippen LogP contribution in [-0.4, -0.2) is 27.7 Å². The predicted octanol–water partition coefficient (Wildman–Crippen LogP) is 2.28. The molecule has 0 radical (unpaired) electrons. The first kappa shape index (κ1) is 15.9. The Morgan fingerprint density at radius 3 is 2.75 bits per heavy atom. The smallest absolute Gasteiger partial charge is 0.242 e. The van der Waals surface area contributed by atoms with Crippen molar-refractivity contribution in [2.45, 2.75) is 24.3 Å². The molecule has 5 nitrogen and oxygen atoms in total. The predicted molar refractivity (Wildman–Crippen MR) is 79.6 cm³/mol. The summed E-state index contributed by atoms with van der Waals surface area (Å²) in [5.41, 5.74) is 5.71. The molecule has 1 aromatic rings. The van der Waals surface area contributed by atoms with Gasteiger partial charge in [0.05, 0.1) is 21.8 Å². The Morgan fingerprint density at radius 1 is 1.45 bits per heavy atom. The molecule has 20 heavy (non-hydrogen) atoms. The molecule has 1 heterocycles. The van der Waals surface area contributed by atoms with E-state index in [2.05, 4.69) is 4.72 Å². The van der Waals surface area contributed by atoms with E-state index in [0.29, 0.717) is 13.2 Å². The molecule has 0 aromatic heterocycles. The molecule has 1 fully saturated rings. The summed E-state index contributed by atoms with van der Waals surface area (Å²) in [7, 11) is -3.72. The second kappa shape index (κ2) is 6.07. The fraction of sp³-hybridized carbons (Fsp3) is 0.500. The van der Waals surface area contributed by atoms with E-state index in [0.717, 1.165) is 6.42 Å². The zero-order valence-electron chi connectivity index (χ0n) is 10.9. The first-order valence-corrected chi connectivity index (χ1v) is 8.41. The molecule has 2 rings (SSSR count). The van der Waals surface area contributed by atoms with E-state index >= 15 is 0 Å². The third-order valence-corrected chi connectivity index (χ3v) is 5.76. The summed E-state index contributed by atoms with van der Waals surface area (Å²) in [5.74, 6) is 0.160. The van der Waals surface area contributed by atoms with E-state index in [1.807, 2.05) is 6.92 Å². The summed E-state index contributed by atoms with van der Waals surface area (Å²) in [6.45, 7) is 2.89. The Balaban J connectivity index is 2.16. The number of ether oxygens (including phenoxy) is 1. The number of nitrogens with two attached hydrogens (primary N) is 1. The van der Waals surface area contributed by atoms with Crippen molar-refractivity contribution in [2.24, 2.45) is 5.92 Å². The molecule has 1 aromatic carbocycles. The number of anilines is 1. The fourth-order valence-corrected chi connectivity index (χ4v) is 3.95. The number of sulfonamides is 1. The van der Waals surface area contributed by atoms with Gasteiger partial charge in [-0.15, -0.1) is 0 Å². The average Bonchev–Trinajstić information content (AvgIpc) is 2.79. The lowest BCUT2D eigenvalue weighted by Crippen LogP contribution is -2.32. The Hall–Kier alpha value is -0.530. The molecule has 2 atom stereocenters. The van der Waals surface area contributed by atoms with Crippen LogP contribution >= 0.6 is 23.2 Å². The van der Waals surface area contributed by atoms with E-state index < -0.39 is 10.0 Å². The lowest BCUT2D eigenvalue weighted by Gasteiger charge is -2.16. The van der Waals surface area contributed by atoms with Crippen LogP contribution in [0.15, 0.2) is 17.0 Å². The van der Waals surface area contributed by atoms with Gasteiger partial charge in [0.2, 0.25) is 10.0 Å². The van der Waals surface area contributed by atoms with E-state index in [-0.39, 0.29) is 32.7 Å². The minimum Gasteiger partial charge on any atom is -0.396 e. The normalized spacial score (nSPS) is 23.1. The molecule has 1 aliphatic heterocycles. The maximum Gasteiger partial charge on any atom is 0.242 e. The molecule has 0 spiro atoms. The number of halogens is 2. The summed E-state index contributed by atoms with van der Waals surface area (Å²) in [6, 6.07) is 2.76. The van der Waals surface area contributed by atoms with Crippen LogP contribution in [0.1, 0.15) is 13.3 Å². The standard InChI is InChI=1S/C12H16Cl2N2O3S/c1-7-8(4-5-19-7)6-16-20(17,18)10-3-2-9(13)12(15)11(10)14/h2-3,7-8,16H,4-6,15H2,1H3. The van der Waals surface area contributed by atoms with Crippen LogP contribution in [-0.2, 0) is 14.8 Å². The molecular formula is C12H16Cl2N2O3S. The summed E-state index contributed by atoms with van der Waals surface area (Å²) in [4.78, 5) is -0.0624. The monoisotopic (exact) mass is 338 g/mol. The molecule has 0 aliphatic carbocycles. The van der Waals surface area contributed by atoms with Gasteiger partial charge in [-0.25, -0.2) is 13.1 Å². The molecule has 0 bridgehead atoms. The molecule has 2 unspecified atom stereocenters. The van der Waals surface area contributed by atoms with Crippen molar-refractivity contribution in [3.8, 4) is 0 Å². The Morgan fingerprint density at radius 2 is 2.15 bits per heavy atom.